The van der Waals surface area contributed by atoms with Crippen molar-refractivity contribution in [2.75, 3.05) is 13.2 Å². The lowest BCUT2D eigenvalue weighted by molar-refractivity contribution is -0.193. The minimum absolute atomic E-state index is 0.0282. The maximum Gasteiger partial charge on any atom is 0.303 e. The molecule has 0 bridgehead atoms. The summed E-state index contributed by atoms with van der Waals surface area (Å²) in [5, 5.41) is 8.80. The second kappa shape index (κ2) is 7.92. The Bertz CT molecular complexity index is 401. The van der Waals surface area contributed by atoms with Gasteiger partial charge in [-0.25, -0.2) is 0 Å². The number of carboxylic acid groups (broad SMARTS) is 1. The van der Waals surface area contributed by atoms with Crippen LogP contribution in [0.4, 0.5) is 0 Å². The van der Waals surface area contributed by atoms with Crippen molar-refractivity contribution in [3.05, 3.63) is 0 Å². The molecule has 4 unspecified atom stereocenters. The molecule has 2 aliphatic rings. The van der Waals surface area contributed by atoms with Gasteiger partial charge in [-0.2, -0.15) is 0 Å². The smallest absolute Gasteiger partial charge is 0.303 e. The molecule has 2 rings (SSSR count). The molecule has 6 heteroatoms. The summed E-state index contributed by atoms with van der Waals surface area (Å²) in [4.78, 5) is 10.7. The van der Waals surface area contributed by atoms with Gasteiger partial charge in [0.2, 0.25) is 0 Å². The number of carboxylic acids is 1. The number of rotatable bonds is 9. The summed E-state index contributed by atoms with van der Waals surface area (Å²) >= 11 is 0. The van der Waals surface area contributed by atoms with Crippen LogP contribution >= 0.6 is 0 Å². The summed E-state index contributed by atoms with van der Waals surface area (Å²) in [6.45, 7) is 6.87. The van der Waals surface area contributed by atoms with E-state index in [1.165, 1.54) is 19.3 Å². The summed E-state index contributed by atoms with van der Waals surface area (Å²) in [7, 11) is 0. The average Bonchev–Trinajstić information content (AvgIpc) is 3.07. The van der Waals surface area contributed by atoms with E-state index in [1.807, 2.05) is 6.92 Å². The van der Waals surface area contributed by atoms with E-state index in [2.05, 4.69) is 6.92 Å². The molecule has 2 fully saturated rings. The maximum absolute atomic E-state index is 10.7. The molecule has 2 heterocycles. The molecule has 0 radical (unpaired) electrons. The van der Waals surface area contributed by atoms with Gasteiger partial charge < -0.3 is 24.1 Å². The number of hydrogen-bond donors (Lipinski definition) is 1. The monoisotopic (exact) mass is 330 g/mol. The standard InChI is InChI=1S/C17H30O6/c1-4-5-6-7-9-16(2)20-11-13(22-16)14-12-21-17(3,23-14)10-8-15(18)19/h13-14H,4-12H2,1-3H3,(H,18,19). The van der Waals surface area contributed by atoms with E-state index in [9.17, 15) is 4.79 Å². The fraction of sp³-hybridized carbons (Fsp3) is 0.941. The Morgan fingerprint density at radius 1 is 1.00 bits per heavy atom. The van der Waals surface area contributed by atoms with Crippen molar-refractivity contribution < 1.29 is 28.8 Å². The highest BCUT2D eigenvalue weighted by Crippen LogP contribution is 2.36. The third kappa shape index (κ3) is 5.41. The molecule has 6 nitrogen and oxygen atoms in total. The van der Waals surface area contributed by atoms with E-state index in [1.54, 1.807) is 6.92 Å². The predicted molar refractivity (Wildman–Crippen MR) is 84.1 cm³/mol. The first kappa shape index (κ1) is 18.6. The second-order valence-corrected chi connectivity index (χ2v) is 6.91. The number of ether oxygens (including phenoxy) is 4. The molecule has 0 aliphatic carbocycles. The number of carbonyl (C=O) groups is 1. The zero-order valence-electron chi connectivity index (χ0n) is 14.5. The fourth-order valence-corrected chi connectivity index (χ4v) is 3.13. The molecule has 1 N–H and O–H groups in total. The minimum atomic E-state index is -0.845. The van der Waals surface area contributed by atoms with Gasteiger partial charge in [0, 0.05) is 12.8 Å². The Labute approximate surface area is 138 Å². The van der Waals surface area contributed by atoms with E-state index >= 15 is 0 Å². The van der Waals surface area contributed by atoms with Crippen LogP contribution < -0.4 is 0 Å². The molecule has 0 aromatic rings. The van der Waals surface area contributed by atoms with Crippen LogP contribution in [0.15, 0.2) is 0 Å². The van der Waals surface area contributed by atoms with Gasteiger partial charge in [-0.1, -0.05) is 26.2 Å². The van der Waals surface area contributed by atoms with Crippen LogP contribution in [0.3, 0.4) is 0 Å². The number of hydrogen-bond acceptors (Lipinski definition) is 5. The first-order valence-electron chi connectivity index (χ1n) is 8.71. The molecular weight excluding hydrogens is 300 g/mol. The zero-order chi connectivity index (χ0) is 16.9. The molecule has 2 aliphatic heterocycles. The van der Waals surface area contributed by atoms with E-state index in [0.717, 1.165) is 12.8 Å². The van der Waals surface area contributed by atoms with Crippen LogP contribution in [0, 0.1) is 0 Å². The normalized spacial score (nSPS) is 37.3. The molecule has 2 saturated heterocycles. The van der Waals surface area contributed by atoms with Gasteiger partial charge in [-0.05, 0) is 20.3 Å². The first-order valence-corrected chi connectivity index (χ1v) is 8.71. The van der Waals surface area contributed by atoms with Crippen LogP contribution in [0.1, 0.15) is 65.7 Å². The summed E-state index contributed by atoms with van der Waals surface area (Å²) < 4.78 is 23.6. The Morgan fingerprint density at radius 3 is 2.09 bits per heavy atom. The van der Waals surface area contributed by atoms with Crippen molar-refractivity contribution in [3.63, 3.8) is 0 Å². The topological polar surface area (TPSA) is 74.2 Å². The van der Waals surface area contributed by atoms with Gasteiger partial charge >= 0.3 is 5.97 Å². The Hall–Kier alpha value is -0.690. The van der Waals surface area contributed by atoms with E-state index in [-0.39, 0.29) is 18.6 Å². The zero-order valence-corrected chi connectivity index (χ0v) is 14.5. The highest BCUT2D eigenvalue weighted by atomic mass is 16.8. The van der Waals surface area contributed by atoms with E-state index < -0.39 is 17.5 Å². The Balaban J connectivity index is 1.77. The van der Waals surface area contributed by atoms with Crippen molar-refractivity contribution in [1.82, 2.24) is 0 Å². The van der Waals surface area contributed by atoms with Crippen molar-refractivity contribution in [3.8, 4) is 0 Å². The Morgan fingerprint density at radius 2 is 1.57 bits per heavy atom. The quantitative estimate of drug-likeness (QED) is 0.655. The van der Waals surface area contributed by atoms with Crippen molar-refractivity contribution in [2.24, 2.45) is 0 Å². The highest BCUT2D eigenvalue weighted by Gasteiger charge is 2.47. The molecule has 0 saturated carbocycles. The number of unbranched alkanes of at least 4 members (excludes halogenated alkanes) is 3. The minimum Gasteiger partial charge on any atom is -0.481 e. The second-order valence-electron chi connectivity index (χ2n) is 6.91. The molecule has 23 heavy (non-hydrogen) atoms. The fourth-order valence-electron chi connectivity index (χ4n) is 3.13. The lowest BCUT2D eigenvalue weighted by Gasteiger charge is -2.26. The molecule has 0 amide bonds. The van der Waals surface area contributed by atoms with Crippen molar-refractivity contribution >= 4 is 5.97 Å². The maximum atomic E-state index is 10.7. The predicted octanol–water partition coefficient (Wildman–Crippen LogP) is 3.08. The van der Waals surface area contributed by atoms with Crippen molar-refractivity contribution in [1.29, 1.82) is 0 Å². The van der Waals surface area contributed by atoms with Crippen LogP contribution in [-0.2, 0) is 23.7 Å². The van der Waals surface area contributed by atoms with Gasteiger partial charge in [-0.3, -0.25) is 4.79 Å². The average molecular weight is 330 g/mol. The molecular formula is C17H30O6. The van der Waals surface area contributed by atoms with Gasteiger partial charge in [0.25, 0.3) is 0 Å². The molecule has 0 aromatic carbocycles. The summed E-state index contributed by atoms with van der Waals surface area (Å²) in [5.74, 6) is -2.23. The summed E-state index contributed by atoms with van der Waals surface area (Å²) in [6, 6.07) is 0. The van der Waals surface area contributed by atoms with Gasteiger partial charge in [0.15, 0.2) is 11.6 Å². The van der Waals surface area contributed by atoms with E-state index in [0.29, 0.717) is 19.6 Å². The first-order chi connectivity index (χ1) is 10.9. The third-order valence-electron chi connectivity index (χ3n) is 4.60. The molecule has 134 valence electrons. The van der Waals surface area contributed by atoms with Crippen LogP contribution in [-0.4, -0.2) is 48.1 Å². The van der Waals surface area contributed by atoms with Gasteiger partial charge in [0.05, 0.1) is 19.6 Å². The van der Waals surface area contributed by atoms with Gasteiger partial charge in [0.1, 0.15) is 12.2 Å². The SMILES string of the molecule is CCCCCCC1(C)OCC(C2COC(C)(CCC(=O)O)O2)O1. The molecule has 4 atom stereocenters. The summed E-state index contributed by atoms with van der Waals surface area (Å²) in [5.41, 5.74) is 0. The highest BCUT2D eigenvalue weighted by molar-refractivity contribution is 5.66. The lowest BCUT2D eigenvalue weighted by Crippen LogP contribution is -2.35. The van der Waals surface area contributed by atoms with E-state index in [4.69, 9.17) is 24.1 Å². The molecule has 0 aromatic heterocycles. The summed E-state index contributed by atoms with van der Waals surface area (Å²) in [6.07, 6.45) is 5.62. The Kier molecular flexibility index (Phi) is 6.42. The van der Waals surface area contributed by atoms with Crippen LogP contribution in [0.2, 0.25) is 0 Å². The lowest BCUT2D eigenvalue weighted by atomic mass is 10.1. The number of aliphatic carboxylic acids is 1. The molecule has 0 spiro atoms. The van der Waals surface area contributed by atoms with Crippen LogP contribution in [0.5, 0.6) is 0 Å². The largest absolute Gasteiger partial charge is 0.481 e. The van der Waals surface area contributed by atoms with Crippen LogP contribution in [0.25, 0.3) is 0 Å². The van der Waals surface area contributed by atoms with Gasteiger partial charge in [-0.15, -0.1) is 0 Å². The third-order valence-corrected chi connectivity index (χ3v) is 4.60. The van der Waals surface area contributed by atoms with Crippen molar-refractivity contribution in [2.45, 2.75) is 89.5 Å².